The molecule has 0 aliphatic carbocycles. The smallest absolute Gasteiger partial charge is 0.262 e. The van der Waals surface area contributed by atoms with E-state index in [1.54, 1.807) is 30.0 Å². The van der Waals surface area contributed by atoms with Crippen LogP contribution >= 0.6 is 0 Å². The molecule has 0 unspecified atom stereocenters. The van der Waals surface area contributed by atoms with Gasteiger partial charge in [0.1, 0.15) is 5.76 Å². The number of anilines is 1. The average molecular weight is 440 g/mol. The Labute approximate surface area is 192 Å². The first kappa shape index (κ1) is 21.2. The van der Waals surface area contributed by atoms with E-state index in [1.165, 1.54) is 0 Å². The van der Waals surface area contributed by atoms with Crippen molar-refractivity contribution < 1.29 is 13.9 Å². The summed E-state index contributed by atoms with van der Waals surface area (Å²) in [6.45, 7) is 3.66. The fourth-order valence-corrected chi connectivity index (χ4v) is 4.39. The largest absolute Gasteiger partial charge is 0.455 e. The molecule has 0 radical (unpaired) electrons. The first-order chi connectivity index (χ1) is 16.1. The number of benzene rings is 3. The summed E-state index contributed by atoms with van der Waals surface area (Å²) in [6, 6.07) is 24.3. The molecule has 1 aliphatic rings. The van der Waals surface area contributed by atoms with Crippen LogP contribution in [0.2, 0.25) is 0 Å². The molecule has 0 spiro atoms. The molecule has 33 heavy (non-hydrogen) atoms. The predicted octanol–water partition coefficient (Wildman–Crippen LogP) is 5.45. The van der Waals surface area contributed by atoms with E-state index in [1.807, 2.05) is 60.7 Å². The maximum atomic E-state index is 13.9. The highest BCUT2D eigenvalue weighted by Crippen LogP contribution is 2.29. The summed E-state index contributed by atoms with van der Waals surface area (Å²) in [5.41, 5.74) is 2.72. The van der Waals surface area contributed by atoms with Crippen LogP contribution in [0.4, 0.5) is 5.69 Å². The van der Waals surface area contributed by atoms with Gasteiger partial charge in [-0.25, -0.2) is 0 Å². The zero-order chi connectivity index (χ0) is 22.8. The number of amides is 1. The summed E-state index contributed by atoms with van der Waals surface area (Å²) >= 11 is 0. The number of ether oxygens (including phenoxy) is 1. The topological polar surface area (TPSA) is 59.8 Å². The monoisotopic (exact) mass is 439 g/mol. The third kappa shape index (κ3) is 4.08. The molecule has 1 atom stereocenters. The SMILES string of the molecule is Cc1c(-c2ccccc2)oc2c(C(=O)N(C[C@@H]3CCOC3)c3ccccc3)cccc2c1=O. The summed E-state index contributed by atoms with van der Waals surface area (Å²) in [6.07, 6.45) is 0.915. The molecule has 0 N–H and O–H groups in total. The summed E-state index contributed by atoms with van der Waals surface area (Å²) in [7, 11) is 0. The molecule has 1 fully saturated rings. The highest BCUT2D eigenvalue weighted by molar-refractivity contribution is 6.12. The molecule has 0 bridgehead atoms. The molecule has 1 aliphatic heterocycles. The van der Waals surface area contributed by atoms with E-state index in [-0.39, 0.29) is 17.3 Å². The Morgan fingerprint density at radius 2 is 1.70 bits per heavy atom. The van der Waals surface area contributed by atoms with E-state index >= 15 is 0 Å². The number of carbonyl (C=O) groups excluding carboxylic acids is 1. The van der Waals surface area contributed by atoms with Crippen molar-refractivity contribution in [3.8, 4) is 11.3 Å². The summed E-state index contributed by atoms with van der Waals surface area (Å²) < 4.78 is 11.8. The van der Waals surface area contributed by atoms with Crippen molar-refractivity contribution in [1.29, 1.82) is 0 Å². The second-order valence-electron chi connectivity index (χ2n) is 8.41. The first-order valence-corrected chi connectivity index (χ1v) is 11.2. The molecule has 1 amide bonds. The quantitative estimate of drug-likeness (QED) is 0.415. The van der Waals surface area contributed by atoms with E-state index in [9.17, 15) is 9.59 Å². The lowest BCUT2D eigenvalue weighted by atomic mass is 10.0. The van der Waals surface area contributed by atoms with Gasteiger partial charge in [-0.2, -0.15) is 0 Å². The van der Waals surface area contributed by atoms with Crippen LogP contribution in [-0.2, 0) is 4.74 Å². The lowest BCUT2D eigenvalue weighted by Crippen LogP contribution is -2.36. The van der Waals surface area contributed by atoms with Crippen LogP contribution in [0.15, 0.2) is 88.1 Å². The number of nitrogens with zero attached hydrogens (tertiary/aromatic N) is 1. The number of hydrogen-bond acceptors (Lipinski definition) is 4. The molecule has 5 nitrogen and oxygen atoms in total. The number of para-hydroxylation sites is 2. The molecule has 3 aromatic carbocycles. The Morgan fingerprint density at radius 3 is 2.39 bits per heavy atom. The van der Waals surface area contributed by atoms with Gasteiger partial charge in [0.2, 0.25) is 0 Å². The molecule has 4 aromatic rings. The summed E-state index contributed by atoms with van der Waals surface area (Å²) in [4.78, 5) is 28.9. The lowest BCUT2D eigenvalue weighted by molar-refractivity contribution is 0.0982. The van der Waals surface area contributed by atoms with Crippen molar-refractivity contribution in [2.45, 2.75) is 13.3 Å². The van der Waals surface area contributed by atoms with Crippen LogP contribution in [0.1, 0.15) is 22.3 Å². The second kappa shape index (κ2) is 9.04. The van der Waals surface area contributed by atoms with Crippen molar-refractivity contribution in [3.63, 3.8) is 0 Å². The maximum absolute atomic E-state index is 13.9. The Morgan fingerprint density at radius 1 is 0.970 bits per heavy atom. The van der Waals surface area contributed by atoms with Crippen LogP contribution in [0, 0.1) is 12.8 Å². The summed E-state index contributed by atoms with van der Waals surface area (Å²) in [5.74, 6) is 0.562. The molecule has 1 aromatic heterocycles. The Kier molecular flexibility index (Phi) is 5.80. The standard InChI is InChI=1S/C28H25NO4/c1-19-25(30)23-13-8-14-24(27(23)33-26(19)21-9-4-2-5-10-21)28(31)29(17-20-15-16-32-18-20)22-11-6-3-7-12-22/h2-14,20H,15-18H2,1H3/t20-/m0/s1. The van der Waals surface area contributed by atoms with Crippen molar-refractivity contribution >= 4 is 22.6 Å². The van der Waals surface area contributed by atoms with Gasteiger partial charge in [0, 0.05) is 35.9 Å². The molecular weight excluding hydrogens is 414 g/mol. The molecule has 5 heteroatoms. The number of carbonyl (C=O) groups is 1. The van der Waals surface area contributed by atoms with Crippen LogP contribution in [0.3, 0.4) is 0 Å². The van der Waals surface area contributed by atoms with Gasteiger partial charge in [-0.1, -0.05) is 54.6 Å². The third-order valence-corrected chi connectivity index (χ3v) is 6.19. The minimum atomic E-state index is -0.190. The van der Waals surface area contributed by atoms with Crippen molar-refractivity contribution in [3.05, 3.63) is 100 Å². The highest BCUT2D eigenvalue weighted by Gasteiger charge is 2.27. The Bertz CT molecular complexity index is 1340. The molecule has 0 saturated carbocycles. The van der Waals surface area contributed by atoms with E-state index < -0.39 is 0 Å². The predicted molar refractivity (Wildman–Crippen MR) is 130 cm³/mol. The second-order valence-corrected chi connectivity index (χ2v) is 8.41. The first-order valence-electron chi connectivity index (χ1n) is 11.2. The van der Waals surface area contributed by atoms with Gasteiger partial charge >= 0.3 is 0 Å². The number of hydrogen-bond donors (Lipinski definition) is 0. The zero-order valence-corrected chi connectivity index (χ0v) is 18.5. The zero-order valence-electron chi connectivity index (χ0n) is 18.5. The molecule has 2 heterocycles. The van der Waals surface area contributed by atoms with Gasteiger partial charge in [0.25, 0.3) is 5.91 Å². The normalized spacial score (nSPS) is 15.6. The summed E-state index contributed by atoms with van der Waals surface area (Å²) in [5, 5.41) is 0.412. The van der Waals surface area contributed by atoms with E-state index in [2.05, 4.69) is 0 Å². The van der Waals surface area contributed by atoms with Gasteiger partial charge in [0.15, 0.2) is 11.0 Å². The van der Waals surface area contributed by atoms with Crippen LogP contribution in [-0.4, -0.2) is 25.7 Å². The van der Waals surface area contributed by atoms with E-state index in [0.717, 1.165) is 17.7 Å². The van der Waals surface area contributed by atoms with Crippen LogP contribution in [0.5, 0.6) is 0 Å². The van der Waals surface area contributed by atoms with Gasteiger partial charge < -0.3 is 14.1 Å². The van der Waals surface area contributed by atoms with Crippen molar-refractivity contribution in [2.75, 3.05) is 24.7 Å². The fraction of sp³-hybridized carbons (Fsp3) is 0.214. The molecule has 166 valence electrons. The van der Waals surface area contributed by atoms with Crippen molar-refractivity contribution in [2.24, 2.45) is 5.92 Å². The number of fused-ring (bicyclic) bond motifs is 1. The van der Waals surface area contributed by atoms with Gasteiger partial charge in [-0.05, 0) is 37.6 Å². The molecule has 1 saturated heterocycles. The Balaban J connectivity index is 1.65. The van der Waals surface area contributed by atoms with E-state index in [0.29, 0.717) is 47.6 Å². The van der Waals surface area contributed by atoms with Crippen LogP contribution in [0.25, 0.3) is 22.3 Å². The minimum absolute atomic E-state index is 0.125. The average Bonchev–Trinajstić information content (AvgIpc) is 3.38. The maximum Gasteiger partial charge on any atom is 0.262 e. The van der Waals surface area contributed by atoms with Gasteiger partial charge in [-0.15, -0.1) is 0 Å². The van der Waals surface area contributed by atoms with Gasteiger partial charge in [-0.3, -0.25) is 9.59 Å². The number of rotatable bonds is 5. The third-order valence-electron chi connectivity index (χ3n) is 6.19. The van der Waals surface area contributed by atoms with E-state index in [4.69, 9.17) is 9.15 Å². The molecule has 5 rings (SSSR count). The fourth-order valence-electron chi connectivity index (χ4n) is 4.39. The highest BCUT2D eigenvalue weighted by atomic mass is 16.5. The Hall–Kier alpha value is -3.70. The lowest BCUT2D eigenvalue weighted by Gasteiger charge is -2.26. The minimum Gasteiger partial charge on any atom is -0.455 e. The van der Waals surface area contributed by atoms with Gasteiger partial charge in [0.05, 0.1) is 17.6 Å². The van der Waals surface area contributed by atoms with Crippen LogP contribution < -0.4 is 10.3 Å². The van der Waals surface area contributed by atoms with Crippen molar-refractivity contribution in [1.82, 2.24) is 0 Å². The molecular formula is C28H25NO4.